The average Bonchev–Trinajstić information content (AvgIpc) is 2.25. The monoisotopic (exact) mass is 247 g/mol. The van der Waals surface area contributed by atoms with Crippen molar-refractivity contribution in [3.63, 3.8) is 0 Å². The van der Waals surface area contributed by atoms with Gasteiger partial charge in [-0.1, -0.05) is 27.7 Å². The molecule has 0 spiro atoms. The first kappa shape index (κ1) is 13.5. The highest BCUT2D eigenvalue weighted by Gasteiger charge is 2.32. The van der Waals surface area contributed by atoms with Crippen molar-refractivity contribution in [3.05, 3.63) is 23.3 Å². The van der Waals surface area contributed by atoms with Crippen molar-refractivity contribution in [1.29, 1.82) is 0 Å². The third-order valence-electron chi connectivity index (χ3n) is 3.67. The van der Waals surface area contributed by atoms with Crippen molar-refractivity contribution in [2.24, 2.45) is 11.3 Å². The van der Waals surface area contributed by atoms with Crippen molar-refractivity contribution >= 4 is 0 Å². The molecule has 1 aromatic heterocycles. The fraction of sp³-hybridized carbons (Fsp3) is 0.733. The summed E-state index contributed by atoms with van der Waals surface area (Å²) in [5.74, 6) is 1.61. The SMILES string of the molecule is CNC1CC(C)(C)Cc2nc(CC(C)C)ncc21. The van der Waals surface area contributed by atoms with Gasteiger partial charge in [0.2, 0.25) is 0 Å². The topological polar surface area (TPSA) is 37.8 Å². The molecule has 0 bridgehead atoms. The van der Waals surface area contributed by atoms with Gasteiger partial charge < -0.3 is 5.32 Å². The van der Waals surface area contributed by atoms with Gasteiger partial charge in [-0.05, 0) is 31.2 Å². The van der Waals surface area contributed by atoms with Gasteiger partial charge in [-0.3, -0.25) is 0 Å². The lowest BCUT2D eigenvalue weighted by Crippen LogP contribution is -2.32. The Hall–Kier alpha value is -0.960. The second-order valence-corrected chi connectivity index (χ2v) is 6.67. The second kappa shape index (κ2) is 4.96. The molecular formula is C15H25N3. The summed E-state index contributed by atoms with van der Waals surface area (Å²) in [5.41, 5.74) is 2.87. The molecule has 2 rings (SSSR count). The normalized spacial score (nSPS) is 22.0. The van der Waals surface area contributed by atoms with Crippen LogP contribution in [0.3, 0.4) is 0 Å². The fourth-order valence-corrected chi connectivity index (χ4v) is 2.81. The number of hydrogen-bond donors (Lipinski definition) is 1. The van der Waals surface area contributed by atoms with Gasteiger partial charge in [0.05, 0.1) is 0 Å². The summed E-state index contributed by atoms with van der Waals surface area (Å²) in [6.45, 7) is 9.07. The van der Waals surface area contributed by atoms with Gasteiger partial charge in [-0.25, -0.2) is 9.97 Å². The molecule has 0 saturated heterocycles. The van der Waals surface area contributed by atoms with Crippen LogP contribution in [-0.4, -0.2) is 17.0 Å². The van der Waals surface area contributed by atoms with E-state index in [2.05, 4.69) is 38.0 Å². The standard InChI is InChI=1S/C15H25N3/c1-10(2)6-14-17-9-11-12(16-5)7-15(3,4)8-13(11)18-14/h9-10,12,16H,6-8H2,1-5H3. The highest BCUT2D eigenvalue weighted by molar-refractivity contribution is 5.26. The van der Waals surface area contributed by atoms with Crippen LogP contribution in [0.15, 0.2) is 6.20 Å². The second-order valence-electron chi connectivity index (χ2n) is 6.67. The molecule has 0 saturated carbocycles. The summed E-state index contributed by atoms with van der Waals surface area (Å²) < 4.78 is 0. The van der Waals surface area contributed by atoms with Crippen LogP contribution in [-0.2, 0) is 12.8 Å². The van der Waals surface area contributed by atoms with Crippen LogP contribution >= 0.6 is 0 Å². The number of nitrogens with zero attached hydrogens (tertiary/aromatic N) is 2. The molecule has 1 heterocycles. The Morgan fingerprint density at radius 1 is 1.44 bits per heavy atom. The Labute approximate surface area is 110 Å². The molecule has 3 heteroatoms. The van der Waals surface area contributed by atoms with Crippen LogP contribution in [0.2, 0.25) is 0 Å². The zero-order valence-corrected chi connectivity index (χ0v) is 12.2. The van der Waals surface area contributed by atoms with Gasteiger partial charge in [-0.2, -0.15) is 0 Å². The molecule has 0 fully saturated rings. The lowest BCUT2D eigenvalue weighted by atomic mass is 9.74. The van der Waals surface area contributed by atoms with E-state index in [1.807, 2.05) is 13.2 Å². The maximum absolute atomic E-state index is 4.80. The van der Waals surface area contributed by atoms with E-state index in [1.54, 1.807) is 0 Å². The van der Waals surface area contributed by atoms with E-state index < -0.39 is 0 Å². The molecule has 0 radical (unpaired) electrons. The third kappa shape index (κ3) is 2.89. The van der Waals surface area contributed by atoms with Crippen molar-refractivity contribution in [2.75, 3.05) is 7.05 Å². The molecule has 1 aromatic rings. The minimum absolute atomic E-state index is 0.324. The first-order valence-corrected chi connectivity index (χ1v) is 6.93. The zero-order valence-electron chi connectivity index (χ0n) is 12.2. The summed E-state index contributed by atoms with van der Waals surface area (Å²) >= 11 is 0. The molecule has 0 amide bonds. The van der Waals surface area contributed by atoms with Crippen molar-refractivity contribution in [1.82, 2.24) is 15.3 Å². The van der Waals surface area contributed by atoms with Crippen LogP contribution in [0.1, 0.15) is 57.2 Å². The number of aromatic nitrogens is 2. The Morgan fingerprint density at radius 3 is 2.78 bits per heavy atom. The molecule has 1 aliphatic carbocycles. The van der Waals surface area contributed by atoms with Crippen LogP contribution in [0.4, 0.5) is 0 Å². The van der Waals surface area contributed by atoms with Gasteiger partial charge in [0.1, 0.15) is 5.82 Å². The summed E-state index contributed by atoms with van der Waals surface area (Å²) in [6.07, 6.45) is 5.23. The highest BCUT2D eigenvalue weighted by atomic mass is 14.9. The van der Waals surface area contributed by atoms with Crippen LogP contribution in [0, 0.1) is 11.3 Å². The summed E-state index contributed by atoms with van der Waals surface area (Å²) in [6, 6.07) is 0.400. The largest absolute Gasteiger partial charge is 0.313 e. The predicted molar refractivity (Wildman–Crippen MR) is 74.5 cm³/mol. The van der Waals surface area contributed by atoms with Crippen LogP contribution in [0.5, 0.6) is 0 Å². The molecule has 100 valence electrons. The number of nitrogens with one attached hydrogen (secondary N) is 1. The van der Waals surface area contributed by atoms with E-state index in [4.69, 9.17) is 4.98 Å². The zero-order chi connectivity index (χ0) is 13.3. The maximum atomic E-state index is 4.80. The van der Waals surface area contributed by atoms with E-state index in [0.717, 1.165) is 25.1 Å². The number of hydrogen-bond acceptors (Lipinski definition) is 3. The number of rotatable bonds is 3. The maximum Gasteiger partial charge on any atom is 0.128 e. The number of fused-ring (bicyclic) bond motifs is 1. The molecular weight excluding hydrogens is 222 g/mol. The molecule has 1 unspecified atom stereocenters. The molecule has 1 aliphatic rings. The predicted octanol–water partition coefficient (Wildman–Crippen LogP) is 2.91. The minimum Gasteiger partial charge on any atom is -0.313 e. The van der Waals surface area contributed by atoms with Gasteiger partial charge in [0.25, 0.3) is 0 Å². The highest BCUT2D eigenvalue weighted by Crippen LogP contribution is 2.39. The van der Waals surface area contributed by atoms with Crippen LogP contribution in [0.25, 0.3) is 0 Å². The lowest BCUT2D eigenvalue weighted by molar-refractivity contribution is 0.259. The van der Waals surface area contributed by atoms with Gasteiger partial charge in [0.15, 0.2) is 0 Å². The molecule has 3 nitrogen and oxygen atoms in total. The Bertz CT molecular complexity index is 424. The fourth-order valence-electron chi connectivity index (χ4n) is 2.81. The molecule has 18 heavy (non-hydrogen) atoms. The Balaban J connectivity index is 2.33. The van der Waals surface area contributed by atoms with E-state index in [-0.39, 0.29) is 0 Å². The molecule has 1 N–H and O–H groups in total. The van der Waals surface area contributed by atoms with E-state index in [9.17, 15) is 0 Å². The van der Waals surface area contributed by atoms with E-state index in [0.29, 0.717) is 17.4 Å². The minimum atomic E-state index is 0.324. The van der Waals surface area contributed by atoms with Gasteiger partial charge in [0, 0.05) is 29.9 Å². The lowest BCUT2D eigenvalue weighted by Gasteiger charge is -2.36. The Morgan fingerprint density at radius 2 is 2.17 bits per heavy atom. The van der Waals surface area contributed by atoms with Crippen molar-refractivity contribution in [2.45, 2.75) is 53.0 Å². The summed E-state index contributed by atoms with van der Waals surface area (Å²) in [5, 5.41) is 3.40. The first-order valence-electron chi connectivity index (χ1n) is 6.93. The molecule has 0 aromatic carbocycles. The third-order valence-corrected chi connectivity index (χ3v) is 3.67. The summed E-state index contributed by atoms with van der Waals surface area (Å²) in [4.78, 5) is 9.32. The molecule has 0 aliphatic heterocycles. The van der Waals surface area contributed by atoms with Gasteiger partial charge >= 0.3 is 0 Å². The van der Waals surface area contributed by atoms with E-state index >= 15 is 0 Å². The van der Waals surface area contributed by atoms with E-state index in [1.165, 1.54) is 11.3 Å². The van der Waals surface area contributed by atoms with Crippen molar-refractivity contribution < 1.29 is 0 Å². The van der Waals surface area contributed by atoms with Crippen LogP contribution < -0.4 is 5.32 Å². The molecule has 1 atom stereocenters. The summed E-state index contributed by atoms with van der Waals surface area (Å²) in [7, 11) is 2.03. The van der Waals surface area contributed by atoms with Crippen molar-refractivity contribution in [3.8, 4) is 0 Å². The van der Waals surface area contributed by atoms with Gasteiger partial charge in [-0.15, -0.1) is 0 Å². The average molecular weight is 247 g/mol. The Kier molecular flexibility index (Phi) is 3.71. The smallest absolute Gasteiger partial charge is 0.128 e. The quantitative estimate of drug-likeness (QED) is 0.892. The first-order chi connectivity index (χ1) is 8.41.